The van der Waals surface area contributed by atoms with E-state index >= 15 is 0 Å². The van der Waals surface area contributed by atoms with E-state index in [1.165, 1.54) is 17.7 Å². The molecule has 1 aromatic rings. The topological polar surface area (TPSA) is 24.5 Å². The van der Waals surface area contributed by atoms with E-state index in [0.29, 0.717) is 6.04 Å². The summed E-state index contributed by atoms with van der Waals surface area (Å²) in [6.45, 7) is 2.05. The van der Waals surface area contributed by atoms with Crippen LogP contribution in [0, 0.1) is 0 Å². The zero-order valence-corrected chi connectivity index (χ0v) is 13.3. The van der Waals surface area contributed by atoms with Gasteiger partial charge in [0, 0.05) is 12.6 Å². The molecule has 0 bridgehead atoms. The van der Waals surface area contributed by atoms with Crippen molar-refractivity contribution in [1.29, 1.82) is 0 Å². The Kier molecular flexibility index (Phi) is 7.94. The fourth-order valence-electron chi connectivity index (χ4n) is 2.03. The lowest BCUT2D eigenvalue weighted by Gasteiger charge is -2.25. The first-order valence-electron chi connectivity index (χ1n) is 6.69. The maximum Gasteiger partial charge on any atom is 0.119 e. The molecule has 1 unspecified atom stereocenters. The van der Waals surface area contributed by atoms with Crippen molar-refractivity contribution in [3.05, 3.63) is 29.8 Å². The molecule has 0 heterocycles. The maximum atomic E-state index is 5.30. The monoisotopic (exact) mass is 282 g/mol. The minimum atomic E-state index is 0.379. The standard InChI is InChI=1S/C15H26N2OS/c1-17(2)15(12-16-9-6-10-19-4)13-7-5-8-14(11-13)18-3/h5,7-8,11,15-16H,6,9-10,12H2,1-4H3. The van der Waals surface area contributed by atoms with Crippen LogP contribution in [0.15, 0.2) is 24.3 Å². The number of likely N-dealkylation sites (N-methyl/N-ethyl adjacent to an activating group) is 1. The van der Waals surface area contributed by atoms with Crippen LogP contribution in [0.4, 0.5) is 0 Å². The number of methoxy groups -OCH3 is 1. The second-order valence-corrected chi connectivity index (χ2v) is 5.79. The molecule has 0 aromatic heterocycles. The van der Waals surface area contributed by atoms with Crippen LogP contribution < -0.4 is 10.1 Å². The van der Waals surface area contributed by atoms with Crippen LogP contribution in [-0.4, -0.2) is 51.2 Å². The fourth-order valence-corrected chi connectivity index (χ4v) is 2.46. The lowest BCUT2D eigenvalue weighted by molar-refractivity contribution is 0.288. The van der Waals surface area contributed by atoms with Gasteiger partial charge in [0.1, 0.15) is 5.75 Å². The lowest BCUT2D eigenvalue weighted by Crippen LogP contribution is -2.31. The number of benzene rings is 1. The smallest absolute Gasteiger partial charge is 0.119 e. The normalized spacial score (nSPS) is 12.7. The first-order chi connectivity index (χ1) is 9.19. The number of nitrogens with zero attached hydrogens (tertiary/aromatic N) is 1. The second kappa shape index (κ2) is 9.23. The molecule has 108 valence electrons. The summed E-state index contributed by atoms with van der Waals surface area (Å²) in [6.07, 6.45) is 3.37. The van der Waals surface area contributed by atoms with Gasteiger partial charge in [-0.3, -0.25) is 0 Å². The minimum Gasteiger partial charge on any atom is -0.497 e. The van der Waals surface area contributed by atoms with Gasteiger partial charge in [-0.2, -0.15) is 11.8 Å². The Bertz CT molecular complexity index is 358. The Balaban J connectivity index is 2.56. The van der Waals surface area contributed by atoms with Crippen LogP contribution in [-0.2, 0) is 0 Å². The number of ether oxygens (including phenoxy) is 1. The molecule has 3 nitrogen and oxygen atoms in total. The zero-order valence-electron chi connectivity index (χ0n) is 12.5. The first kappa shape index (κ1) is 16.3. The molecule has 0 aliphatic rings. The summed E-state index contributed by atoms with van der Waals surface area (Å²) < 4.78 is 5.30. The summed E-state index contributed by atoms with van der Waals surface area (Å²) >= 11 is 1.90. The Morgan fingerprint density at radius 1 is 1.37 bits per heavy atom. The van der Waals surface area contributed by atoms with Gasteiger partial charge < -0.3 is 15.0 Å². The molecule has 0 aliphatic heterocycles. The molecule has 0 spiro atoms. The highest BCUT2D eigenvalue weighted by atomic mass is 32.2. The predicted octanol–water partition coefficient (Wildman–Crippen LogP) is 2.64. The third-order valence-corrected chi connectivity index (χ3v) is 3.84. The maximum absolute atomic E-state index is 5.30. The van der Waals surface area contributed by atoms with Gasteiger partial charge in [-0.1, -0.05) is 12.1 Å². The Hall–Kier alpha value is -0.710. The van der Waals surface area contributed by atoms with E-state index < -0.39 is 0 Å². The largest absolute Gasteiger partial charge is 0.497 e. The molecule has 1 atom stereocenters. The van der Waals surface area contributed by atoms with Gasteiger partial charge in [0.05, 0.1) is 7.11 Å². The van der Waals surface area contributed by atoms with Gasteiger partial charge in [-0.15, -0.1) is 0 Å². The van der Waals surface area contributed by atoms with E-state index in [-0.39, 0.29) is 0 Å². The van der Waals surface area contributed by atoms with Crippen molar-refractivity contribution in [3.8, 4) is 5.75 Å². The molecule has 0 saturated carbocycles. The molecule has 0 aliphatic carbocycles. The molecule has 0 amide bonds. The van der Waals surface area contributed by atoms with E-state index in [4.69, 9.17) is 4.74 Å². The van der Waals surface area contributed by atoms with E-state index in [2.05, 4.69) is 48.8 Å². The van der Waals surface area contributed by atoms with Gasteiger partial charge in [0.25, 0.3) is 0 Å². The molecule has 19 heavy (non-hydrogen) atoms. The van der Waals surface area contributed by atoms with E-state index in [0.717, 1.165) is 18.8 Å². The number of thioether (sulfide) groups is 1. The first-order valence-corrected chi connectivity index (χ1v) is 8.08. The fraction of sp³-hybridized carbons (Fsp3) is 0.600. The van der Waals surface area contributed by atoms with Crippen molar-refractivity contribution in [3.63, 3.8) is 0 Å². The van der Waals surface area contributed by atoms with Crippen molar-refractivity contribution in [2.45, 2.75) is 12.5 Å². The van der Waals surface area contributed by atoms with Gasteiger partial charge in [-0.25, -0.2) is 0 Å². The number of hydrogen-bond acceptors (Lipinski definition) is 4. The average molecular weight is 282 g/mol. The highest BCUT2D eigenvalue weighted by Gasteiger charge is 2.13. The molecule has 4 heteroatoms. The van der Waals surface area contributed by atoms with Crippen LogP contribution in [0.25, 0.3) is 0 Å². The van der Waals surface area contributed by atoms with Crippen molar-refractivity contribution in [2.24, 2.45) is 0 Å². The number of nitrogens with one attached hydrogen (secondary N) is 1. The van der Waals surface area contributed by atoms with Gasteiger partial charge >= 0.3 is 0 Å². The predicted molar refractivity (Wildman–Crippen MR) is 85.3 cm³/mol. The zero-order chi connectivity index (χ0) is 14.1. The molecule has 1 N–H and O–H groups in total. The molecule has 1 aromatic carbocycles. The van der Waals surface area contributed by atoms with Gasteiger partial charge in [0.15, 0.2) is 0 Å². The number of rotatable bonds is 9. The van der Waals surface area contributed by atoms with Gasteiger partial charge in [-0.05, 0) is 56.8 Å². The number of hydrogen-bond donors (Lipinski definition) is 1. The summed E-state index contributed by atoms with van der Waals surface area (Å²) in [7, 11) is 5.95. The van der Waals surface area contributed by atoms with E-state index in [9.17, 15) is 0 Å². The lowest BCUT2D eigenvalue weighted by atomic mass is 10.1. The van der Waals surface area contributed by atoms with Crippen LogP contribution >= 0.6 is 11.8 Å². The average Bonchev–Trinajstić information content (AvgIpc) is 2.42. The van der Waals surface area contributed by atoms with E-state index in [1.807, 2.05) is 17.8 Å². The van der Waals surface area contributed by atoms with E-state index in [1.54, 1.807) is 7.11 Å². The third kappa shape index (κ3) is 5.85. The van der Waals surface area contributed by atoms with Crippen molar-refractivity contribution >= 4 is 11.8 Å². The summed E-state index contributed by atoms with van der Waals surface area (Å²) in [4.78, 5) is 2.25. The quantitative estimate of drug-likeness (QED) is 0.704. The highest BCUT2D eigenvalue weighted by Crippen LogP contribution is 2.21. The molecular formula is C15H26N2OS. The van der Waals surface area contributed by atoms with Crippen LogP contribution in [0.5, 0.6) is 5.75 Å². The van der Waals surface area contributed by atoms with Crippen molar-refractivity contribution in [1.82, 2.24) is 10.2 Å². The molecular weight excluding hydrogens is 256 g/mol. The van der Waals surface area contributed by atoms with Crippen LogP contribution in [0.1, 0.15) is 18.0 Å². The highest BCUT2D eigenvalue weighted by molar-refractivity contribution is 7.98. The Morgan fingerprint density at radius 3 is 2.79 bits per heavy atom. The van der Waals surface area contributed by atoms with Crippen molar-refractivity contribution in [2.75, 3.05) is 46.3 Å². The molecule has 0 fully saturated rings. The summed E-state index contributed by atoms with van der Waals surface area (Å²) in [5.74, 6) is 2.14. The second-order valence-electron chi connectivity index (χ2n) is 4.81. The van der Waals surface area contributed by atoms with Crippen LogP contribution in [0.2, 0.25) is 0 Å². The van der Waals surface area contributed by atoms with Crippen molar-refractivity contribution < 1.29 is 4.74 Å². The summed E-state index contributed by atoms with van der Waals surface area (Å²) in [5, 5.41) is 3.54. The van der Waals surface area contributed by atoms with Gasteiger partial charge in [0.2, 0.25) is 0 Å². The summed E-state index contributed by atoms with van der Waals surface area (Å²) in [6, 6.07) is 8.70. The summed E-state index contributed by atoms with van der Waals surface area (Å²) in [5.41, 5.74) is 1.29. The third-order valence-electron chi connectivity index (χ3n) is 3.14. The van der Waals surface area contributed by atoms with Crippen LogP contribution in [0.3, 0.4) is 0 Å². The minimum absolute atomic E-state index is 0.379. The molecule has 0 saturated heterocycles. The Morgan fingerprint density at radius 2 is 2.16 bits per heavy atom. The molecule has 1 rings (SSSR count). The molecule has 0 radical (unpaired) electrons. The SMILES string of the molecule is COc1cccc(C(CNCCCSC)N(C)C)c1. The Labute approximate surface area is 121 Å².